The Balaban J connectivity index is 1.40. The second-order valence-corrected chi connectivity index (χ2v) is 7.80. The predicted molar refractivity (Wildman–Crippen MR) is 101 cm³/mol. The van der Waals surface area contributed by atoms with E-state index < -0.39 is 0 Å². The van der Waals surface area contributed by atoms with Gasteiger partial charge in [-0.25, -0.2) is 0 Å². The molecule has 0 unspecified atom stereocenters. The van der Waals surface area contributed by atoms with Crippen LogP contribution >= 0.6 is 0 Å². The second-order valence-electron chi connectivity index (χ2n) is 7.80. The van der Waals surface area contributed by atoms with Crippen molar-refractivity contribution in [2.75, 3.05) is 26.2 Å². The summed E-state index contributed by atoms with van der Waals surface area (Å²) in [5.41, 5.74) is 1.31. The lowest BCUT2D eigenvalue weighted by atomic mass is 9.97. The monoisotopic (exact) mass is 357 g/mol. The largest absolute Gasteiger partial charge is 0.317 e. The van der Waals surface area contributed by atoms with Crippen LogP contribution in [0, 0.1) is 0 Å². The third kappa shape index (κ3) is 3.83. The van der Waals surface area contributed by atoms with Crippen molar-refractivity contribution in [1.29, 1.82) is 0 Å². The number of piperidine rings is 1. The number of hydrogen-bond acceptors (Lipinski definition) is 5. The molecule has 0 bridgehead atoms. The topological polar surface area (TPSA) is 55.0 Å². The first-order chi connectivity index (χ1) is 12.7. The lowest BCUT2D eigenvalue weighted by Gasteiger charge is -2.31. The van der Waals surface area contributed by atoms with Gasteiger partial charge in [0.1, 0.15) is 11.6 Å². The van der Waals surface area contributed by atoms with Crippen molar-refractivity contribution < 1.29 is 0 Å². The Hall–Kier alpha value is -1.73. The van der Waals surface area contributed by atoms with Crippen LogP contribution in [-0.2, 0) is 26.7 Å². The van der Waals surface area contributed by atoms with Gasteiger partial charge < -0.3 is 4.57 Å². The summed E-state index contributed by atoms with van der Waals surface area (Å²) >= 11 is 0. The number of aromatic nitrogens is 5. The van der Waals surface area contributed by atoms with E-state index in [1.54, 1.807) is 0 Å². The van der Waals surface area contributed by atoms with Crippen molar-refractivity contribution in [2.45, 2.75) is 58.2 Å². The van der Waals surface area contributed by atoms with Crippen molar-refractivity contribution in [3.63, 3.8) is 0 Å². The van der Waals surface area contributed by atoms with E-state index in [1.807, 2.05) is 10.9 Å². The van der Waals surface area contributed by atoms with E-state index in [-0.39, 0.29) is 0 Å². The first-order valence-corrected chi connectivity index (χ1v) is 10.1. The summed E-state index contributed by atoms with van der Waals surface area (Å²) in [6.07, 6.45) is 9.23. The average Bonchev–Trinajstić information content (AvgIpc) is 3.39. The van der Waals surface area contributed by atoms with Gasteiger partial charge in [0, 0.05) is 44.4 Å². The molecule has 0 aliphatic carbocycles. The van der Waals surface area contributed by atoms with E-state index in [0.717, 1.165) is 44.4 Å². The first kappa shape index (κ1) is 17.7. The normalized spacial score (nSPS) is 22.3. The minimum absolute atomic E-state index is 0.481. The summed E-state index contributed by atoms with van der Waals surface area (Å²) in [6, 6.07) is 0. The highest BCUT2D eigenvalue weighted by Crippen LogP contribution is 2.27. The molecule has 2 aliphatic heterocycles. The van der Waals surface area contributed by atoms with E-state index in [1.165, 1.54) is 44.3 Å². The van der Waals surface area contributed by atoms with Crippen LogP contribution in [0.2, 0.25) is 0 Å². The van der Waals surface area contributed by atoms with E-state index in [2.05, 4.69) is 49.8 Å². The highest BCUT2D eigenvalue weighted by Gasteiger charge is 2.26. The van der Waals surface area contributed by atoms with Crippen molar-refractivity contribution in [2.24, 2.45) is 7.05 Å². The Kier molecular flexibility index (Phi) is 5.36. The molecule has 7 heteroatoms. The van der Waals surface area contributed by atoms with Crippen LogP contribution in [0.4, 0.5) is 0 Å². The van der Waals surface area contributed by atoms with E-state index >= 15 is 0 Å². The van der Waals surface area contributed by atoms with E-state index in [4.69, 9.17) is 0 Å². The van der Waals surface area contributed by atoms with Crippen molar-refractivity contribution in [1.82, 2.24) is 34.3 Å². The van der Waals surface area contributed by atoms with Crippen LogP contribution in [-0.4, -0.2) is 60.5 Å². The molecule has 2 aromatic rings. The summed E-state index contributed by atoms with van der Waals surface area (Å²) in [5.74, 6) is 2.76. The third-order valence-electron chi connectivity index (χ3n) is 5.85. The molecule has 0 spiro atoms. The van der Waals surface area contributed by atoms with Crippen molar-refractivity contribution >= 4 is 0 Å². The molecule has 0 amide bonds. The minimum atomic E-state index is 0.481. The van der Waals surface area contributed by atoms with Gasteiger partial charge in [-0.2, -0.15) is 5.10 Å². The lowest BCUT2D eigenvalue weighted by Crippen LogP contribution is -2.34. The fraction of sp³-hybridized carbons (Fsp3) is 0.737. The first-order valence-electron chi connectivity index (χ1n) is 10.1. The van der Waals surface area contributed by atoms with Crippen LogP contribution < -0.4 is 0 Å². The van der Waals surface area contributed by atoms with Gasteiger partial charge in [0.05, 0.1) is 12.7 Å². The van der Waals surface area contributed by atoms with E-state index in [9.17, 15) is 0 Å². The highest BCUT2D eigenvalue weighted by molar-refractivity contribution is 5.07. The molecule has 4 heterocycles. The fourth-order valence-corrected chi connectivity index (χ4v) is 4.34. The maximum absolute atomic E-state index is 4.58. The summed E-state index contributed by atoms with van der Waals surface area (Å²) in [6.45, 7) is 9.60. The zero-order valence-electron chi connectivity index (χ0n) is 16.1. The molecule has 2 aliphatic rings. The Morgan fingerprint density at radius 1 is 1.04 bits per heavy atom. The van der Waals surface area contributed by atoms with Gasteiger partial charge in [-0.05, 0) is 52.2 Å². The standard InChI is InChI=1S/C19H31N7/c1-3-26-13-16(11-20-26)12-25-10-6-7-17(14-25)19-22-21-18(23(19)2)15-24-8-4-5-9-24/h11,13,17H,3-10,12,14-15H2,1-2H3/t17-/m1/s1. The summed E-state index contributed by atoms with van der Waals surface area (Å²) in [7, 11) is 2.14. The Morgan fingerprint density at radius 3 is 2.62 bits per heavy atom. The molecule has 26 heavy (non-hydrogen) atoms. The number of hydrogen-bond donors (Lipinski definition) is 0. The van der Waals surface area contributed by atoms with E-state index in [0.29, 0.717) is 5.92 Å². The summed E-state index contributed by atoms with van der Waals surface area (Å²) in [4.78, 5) is 5.03. The lowest BCUT2D eigenvalue weighted by molar-refractivity contribution is 0.194. The Bertz CT molecular complexity index is 713. The van der Waals surface area contributed by atoms with Gasteiger partial charge >= 0.3 is 0 Å². The fourth-order valence-electron chi connectivity index (χ4n) is 4.34. The maximum atomic E-state index is 4.58. The zero-order chi connectivity index (χ0) is 17.9. The molecule has 7 nitrogen and oxygen atoms in total. The SMILES string of the molecule is CCn1cc(CN2CCC[C@@H](c3nnc(CN4CCCC4)n3C)C2)cn1. The van der Waals surface area contributed by atoms with Crippen molar-refractivity contribution in [3.8, 4) is 0 Å². The van der Waals surface area contributed by atoms with Gasteiger partial charge in [0.25, 0.3) is 0 Å². The van der Waals surface area contributed by atoms with Crippen LogP contribution in [0.3, 0.4) is 0 Å². The minimum Gasteiger partial charge on any atom is -0.317 e. The molecule has 0 radical (unpaired) electrons. The van der Waals surface area contributed by atoms with Gasteiger partial charge in [-0.3, -0.25) is 14.5 Å². The molecule has 2 aromatic heterocycles. The van der Waals surface area contributed by atoms with Gasteiger partial charge in [-0.15, -0.1) is 10.2 Å². The zero-order valence-corrected chi connectivity index (χ0v) is 16.1. The molecule has 142 valence electrons. The number of nitrogens with zero attached hydrogens (tertiary/aromatic N) is 7. The summed E-state index contributed by atoms with van der Waals surface area (Å²) < 4.78 is 4.26. The predicted octanol–water partition coefficient (Wildman–Crippen LogP) is 2.01. The van der Waals surface area contributed by atoms with Crippen LogP contribution in [0.1, 0.15) is 55.7 Å². The number of likely N-dealkylation sites (tertiary alicyclic amines) is 2. The molecule has 2 saturated heterocycles. The number of aryl methyl sites for hydroxylation is 1. The molecule has 0 saturated carbocycles. The summed E-state index contributed by atoms with van der Waals surface area (Å²) in [5, 5.41) is 13.5. The molecular weight excluding hydrogens is 326 g/mol. The van der Waals surface area contributed by atoms with Crippen LogP contribution in [0.25, 0.3) is 0 Å². The van der Waals surface area contributed by atoms with Crippen LogP contribution in [0.15, 0.2) is 12.4 Å². The third-order valence-corrected chi connectivity index (χ3v) is 5.85. The molecular formula is C19H31N7. The molecule has 0 aromatic carbocycles. The highest BCUT2D eigenvalue weighted by atomic mass is 15.3. The Labute approximate surface area is 156 Å². The maximum Gasteiger partial charge on any atom is 0.146 e. The van der Waals surface area contributed by atoms with Crippen molar-refractivity contribution in [3.05, 3.63) is 29.6 Å². The molecule has 0 N–H and O–H groups in total. The quantitative estimate of drug-likeness (QED) is 0.792. The molecule has 2 fully saturated rings. The van der Waals surface area contributed by atoms with Gasteiger partial charge in [-0.1, -0.05) is 0 Å². The smallest absolute Gasteiger partial charge is 0.146 e. The second kappa shape index (κ2) is 7.88. The number of rotatable bonds is 6. The molecule has 1 atom stereocenters. The van der Waals surface area contributed by atoms with Gasteiger partial charge in [0.2, 0.25) is 0 Å². The Morgan fingerprint density at radius 2 is 1.85 bits per heavy atom. The molecule has 4 rings (SSSR count). The van der Waals surface area contributed by atoms with Gasteiger partial charge in [0.15, 0.2) is 0 Å². The van der Waals surface area contributed by atoms with Crippen LogP contribution in [0.5, 0.6) is 0 Å². The average molecular weight is 358 g/mol.